The summed E-state index contributed by atoms with van der Waals surface area (Å²) >= 11 is 0. The van der Waals surface area contributed by atoms with E-state index in [-0.39, 0.29) is 5.69 Å². The van der Waals surface area contributed by atoms with Gasteiger partial charge in [0.15, 0.2) is 0 Å². The van der Waals surface area contributed by atoms with Crippen molar-refractivity contribution in [3.05, 3.63) is 106 Å². The fraction of sp³-hybridized carbons (Fsp3) is 0.0833. The fourth-order valence-corrected chi connectivity index (χ4v) is 2.84. The van der Waals surface area contributed by atoms with E-state index >= 15 is 0 Å². The number of methoxy groups -OCH3 is 1. The van der Waals surface area contributed by atoms with Crippen LogP contribution in [0.25, 0.3) is 6.08 Å². The van der Waals surface area contributed by atoms with E-state index in [0.717, 1.165) is 6.08 Å². The van der Waals surface area contributed by atoms with E-state index in [0.29, 0.717) is 22.6 Å². The molecule has 8 heteroatoms. The first-order chi connectivity index (χ1) is 15.5. The molecule has 3 aromatic carbocycles. The monoisotopic (exact) mass is 432 g/mol. The molecular formula is C24H20N2O6. The Bertz CT molecular complexity index is 1130. The van der Waals surface area contributed by atoms with Crippen molar-refractivity contribution in [3.8, 4) is 5.75 Å². The Balaban J connectivity index is 1.75. The van der Waals surface area contributed by atoms with Gasteiger partial charge in [0.25, 0.3) is 11.6 Å². The van der Waals surface area contributed by atoms with Crippen molar-refractivity contribution in [1.29, 1.82) is 0 Å². The van der Waals surface area contributed by atoms with Gasteiger partial charge in [-0.15, -0.1) is 0 Å². The van der Waals surface area contributed by atoms with Gasteiger partial charge in [0.1, 0.15) is 5.75 Å². The van der Waals surface area contributed by atoms with Crippen molar-refractivity contribution < 1.29 is 24.0 Å². The molecule has 0 aliphatic rings. The van der Waals surface area contributed by atoms with Crippen LogP contribution in [-0.2, 0) is 14.3 Å². The highest BCUT2D eigenvalue weighted by Crippen LogP contribution is 2.22. The third kappa shape index (κ3) is 6.02. The average molecular weight is 432 g/mol. The number of nitro benzene ring substituents is 1. The number of esters is 1. The van der Waals surface area contributed by atoms with Crippen molar-refractivity contribution in [2.45, 2.75) is 6.10 Å². The second kappa shape index (κ2) is 10.5. The number of benzene rings is 3. The number of anilines is 1. The number of rotatable bonds is 8. The minimum absolute atomic E-state index is 0.0958. The van der Waals surface area contributed by atoms with Crippen molar-refractivity contribution >= 4 is 29.3 Å². The van der Waals surface area contributed by atoms with Crippen LogP contribution >= 0.6 is 0 Å². The molecule has 1 amide bonds. The molecule has 0 aromatic heterocycles. The lowest BCUT2D eigenvalue weighted by Crippen LogP contribution is -2.25. The molecule has 0 radical (unpaired) electrons. The van der Waals surface area contributed by atoms with Crippen LogP contribution in [0.3, 0.4) is 0 Å². The van der Waals surface area contributed by atoms with E-state index in [9.17, 15) is 19.7 Å². The standard InChI is InChI=1S/C24H20N2O6/c1-31-21-13-11-19(12-14-21)25-24(28)23(18-7-3-2-4-8-18)32-22(27)15-10-17-6-5-9-20(16-17)26(29)30/h2-16,23H,1H3,(H,25,28)/b15-10+. The lowest BCUT2D eigenvalue weighted by Gasteiger charge is -2.17. The first kappa shape index (κ1) is 22.2. The quantitative estimate of drug-likeness (QED) is 0.242. The summed E-state index contributed by atoms with van der Waals surface area (Å²) in [6.45, 7) is 0. The topological polar surface area (TPSA) is 108 Å². The highest BCUT2D eigenvalue weighted by molar-refractivity contribution is 5.97. The molecule has 0 aliphatic heterocycles. The predicted octanol–water partition coefficient (Wildman–Crippen LogP) is 4.54. The summed E-state index contributed by atoms with van der Waals surface area (Å²) in [6.07, 6.45) is 1.31. The maximum Gasteiger partial charge on any atom is 0.331 e. The molecule has 0 fully saturated rings. The number of carbonyl (C=O) groups is 2. The second-order valence-electron chi connectivity index (χ2n) is 6.63. The fourth-order valence-electron chi connectivity index (χ4n) is 2.84. The molecule has 0 saturated heterocycles. The first-order valence-corrected chi connectivity index (χ1v) is 9.59. The Morgan fingerprint density at radius 1 is 1.00 bits per heavy atom. The van der Waals surface area contributed by atoms with Gasteiger partial charge in [-0.1, -0.05) is 42.5 Å². The Hall–Kier alpha value is -4.46. The van der Waals surface area contributed by atoms with Gasteiger partial charge in [-0.3, -0.25) is 14.9 Å². The van der Waals surface area contributed by atoms with Crippen LogP contribution in [-0.4, -0.2) is 23.9 Å². The molecule has 0 spiro atoms. The Morgan fingerprint density at radius 2 is 1.72 bits per heavy atom. The predicted molar refractivity (Wildman–Crippen MR) is 119 cm³/mol. The van der Waals surface area contributed by atoms with Gasteiger partial charge in [-0.25, -0.2) is 4.79 Å². The summed E-state index contributed by atoms with van der Waals surface area (Å²) in [4.78, 5) is 35.7. The van der Waals surface area contributed by atoms with Crippen molar-refractivity contribution in [2.75, 3.05) is 12.4 Å². The van der Waals surface area contributed by atoms with E-state index in [4.69, 9.17) is 9.47 Å². The molecule has 1 N–H and O–H groups in total. The third-order valence-corrected chi connectivity index (χ3v) is 4.42. The summed E-state index contributed by atoms with van der Waals surface area (Å²) in [5.74, 6) is -0.658. The zero-order valence-electron chi connectivity index (χ0n) is 17.1. The number of hydrogen-bond donors (Lipinski definition) is 1. The van der Waals surface area contributed by atoms with Gasteiger partial charge in [-0.2, -0.15) is 0 Å². The SMILES string of the molecule is COc1ccc(NC(=O)C(OC(=O)/C=C/c2cccc([N+](=O)[O-])c2)c2ccccc2)cc1. The number of ether oxygens (including phenoxy) is 2. The van der Waals surface area contributed by atoms with E-state index in [2.05, 4.69) is 5.32 Å². The minimum Gasteiger partial charge on any atom is -0.497 e. The molecule has 0 saturated carbocycles. The van der Waals surface area contributed by atoms with E-state index in [1.165, 1.54) is 24.3 Å². The molecule has 162 valence electrons. The molecular weight excluding hydrogens is 412 g/mol. The molecule has 0 heterocycles. The van der Waals surface area contributed by atoms with Gasteiger partial charge < -0.3 is 14.8 Å². The van der Waals surface area contributed by atoms with Gasteiger partial charge in [-0.05, 0) is 35.9 Å². The Morgan fingerprint density at radius 3 is 2.38 bits per heavy atom. The Kier molecular flexibility index (Phi) is 7.32. The van der Waals surface area contributed by atoms with Crippen LogP contribution in [0.4, 0.5) is 11.4 Å². The van der Waals surface area contributed by atoms with Crippen LogP contribution in [0.2, 0.25) is 0 Å². The lowest BCUT2D eigenvalue weighted by molar-refractivity contribution is -0.384. The zero-order valence-corrected chi connectivity index (χ0v) is 17.1. The molecule has 3 rings (SSSR count). The number of non-ortho nitro benzene ring substituents is 1. The molecule has 0 bridgehead atoms. The van der Waals surface area contributed by atoms with Gasteiger partial charge in [0.05, 0.1) is 12.0 Å². The zero-order chi connectivity index (χ0) is 22.9. The second-order valence-corrected chi connectivity index (χ2v) is 6.63. The highest BCUT2D eigenvalue weighted by atomic mass is 16.6. The molecule has 32 heavy (non-hydrogen) atoms. The molecule has 1 unspecified atom stereocenters. The van der Waals surface area contributed by atoms with Crippen LogP contribution < -0.4 is 10.1 Å². The van der Waals surface area contributed by atoms with Crippen LogP contribution in [0, 0.1) is 10.1 Å². The summed E-state index contributed by atoms with van der Waals surface area (Å²) < 4.78 is 10.5. The third-order valence-electron chi connectivity index (χ3n) is 4.42. The number of nitrogens with one attached hydrogen (secondary N) is 1. The summed E-state index contributed by atoms with van der Waals surface area (Å²) in [6, 6.07) is 21.1. The maximum absolute atomic E-state index is 12.9. The lowest BCUT2D eigenvalue weighted by atomic mass is 10.1. The average Bonchev–Trinajstić information content (AvgIpc) is 2.82. The Labute approximate surface area is 184 Å². The summed E-state index contributed by atoms with van der Waals surface area (Å²) in [5, 5.41) is 13.6. The van der Waals surface area contributed by atoms with Gasteiger partial charge in [0.2, 0.25) is 6.10 Å². The highest BCUT2D eigenvalue weighted by Gasteiger charge is 2.24. The van der Waals surface area contributed by atoms with E-state index in [1.54, 1.807) is 67.8 Å². The molecule has 3 aromatic rings. The number of hydrogen-bond acceptors (Lipinski definition) is 6. The minimum atomic E-state index is -1.19. The smallest absolute Gasteiger partial charge is 0.331 e. The number of amides is 1. The summed E-state index contributed by atoms with van der Waals surface area (Å²) in [5.41, 5.74) is 1.37. The largest absolute Gasteiger partial charge is 0.497 e. The van der Waals surface area contributed by atoms with Gasteiger partial charge >= 0.3 is 5.97 Å². The number of nitro groups is 1. The van der Waals surface area contributed by atoms with Crippen molar-refractivity contribution in [3.63, 3.8) is 0 Å². The van der Waals surface area contributed by atoms with Crippen LogP contribution in [0.1, 0.15) is 17.2 Å². The molecule has 1 atom stereocenters. The maximum atomic E-state index is 12.9. The van der Waals surface area contributed by atoms with E-state index in [1.807, 2.05) is 0 Å². The van der Waals surface area contributed by atoms with Gasteiger partial charge in [0, 0.05) is 29.5 Å². The van der Waals surface area contributed by atoms with Crippen molar-refractivity contribution in [2.24, 2.45) is 0 Å². The number of carbonyl (C=O) groups excluding carboxylic acids is 2. The molecule has 8 nitrogen and oxygen atoms in total. The first-order valence-electron chi connectivity index (χ1n) is 9.59. The molecule has 0 aliphatic carbocycles. The van der Waals surface area contributed by atoms with Crippen molar-refractivity contribution in [1.82, 2.24) is 0 Å². The normalized spacial score (nSPS) is 11.5. The van der Waals surface area contributed by atoms with Crippen LogP contribution in [0.15, 0.2) is 84.9 Å². The van der Waals surface area contributed by atoms with Crippen LogP contribution in [0.5, 0.6) is 5.75 Å². The summed E-state index contributed by atoms with van der Waals surface area (Å²) in [7, 11) is 1.54. The van der Waals surface area contributed by atoms with E-state index < -0.39 is 22.9 Å². The number of nitrogens with zero attached hydrogens (tertiary/aromatic N) is 1.